The molecule has 2 rings (SSSR count). The number of likely N-dealkylation sites (tertiary alicyclic amines) is 1. The lowest BCUT2D eigenvalue weighted by atomic mass is 9.83. The molecule has 0 spiro atoms. The molecule has 1 aliphatic heterocycles. The Morgan fingerprint density at radius 3 is 1.95 bits per heavy atom. The largest absolute Gasteiger partial charge is 0.469 e. The Hall–Kier alpha value is -3.15. The van der Waals surface area contributed by atoms with Crippen LogP contribution in [0.25, 0.3) is 0 Å². The third kappa shape index (κ3) is 12.9. The minimum atomic E-state index is -0.637. The van der Waals surface area contributed by atoms with Crippen molar-refractivity contribution < 1.29 is 38.2 Å². The fraction of sp³-hybridized carbons (Fsp3) is 0.756. The predicted octanol–water partition coefficient (Wildman–Crippen LogP) is 6.49. The third-order valence-electron chi connectivity index (χ3n) is 12.4. The Labute approximate surface area is 338 Å². The summed E-state index contributed by atoms with van der Waals surface area (Å²) in [6.07, 6.45) is 1.57. The normalized spacial score (nSPS) is 19.0. The van der Waals surface area contributed by atoms with E-state index in [4.69, 9.17) is 14.2 Å². The number of Topliss-reactive ketones (excluding diaryl/α,β-unsaturated/α-hetero) is 2. The van der Waals surface area contributed by atoms with Crippen LogP contribution in [0.3, 0.4) is 0 Å². The maximum atomic E-state index is 14.4. The SMILES string of the molecule is CC[C@H](C)[C@@H]([C@@H](CC(=O)N1CCC[C@H]1[C@H](OC)[C@@H](C)C(=O)C[C@@H](Cc1ccccc1)C(=O)OC)OC)N(C)C(=O)[C@@H](CC(=O)[C@H](C(C)C)N(C)C(C)C)C(C)C. The fourth-order valence-corrected chi connectivity index (χ4v) is 8.67. The van der Waals surface area contributed by atoms with Gasteiger partial charge in [0.15, 0.2) is 5.78 Å². The zero-order valence-electron chi connectivity index (χ0n) is 37.1. The van der Waals surface area contributed by atoms with E-state index < -0.39 is 42.0 Å². The molecule has 0 saturated carbocycles. The van der Waals surface area contributed by atoms with Crippen LogP contribution in [0.5, 0.6) is 0 Å². The van der Waals surface area contributed by atoms with Crippen LogP contribution in [-0.2, 0) is 44.6 Å². The number of ether oxygens (including phenoxy) is 3. The molecule has 1 aromatic carbocycles. The van der Waals surface area contributed by atoms with Gasteiger partial charge in [-0.15, -0.1) is 0 Å². The first-order valence-corrected chi connectivity index (χ1v) is 20.9. The second kappa shape index (κ2) is 23.3. The summed E-state index contributed by atoms with van der Waals surface area (Å²) in [5.41, 5.74) is 0.942. The molecule has 0 unspecified atom stereocenters. The summed E-state index contributed by atoms with van der Waals surface area (Å²) in [7, 11) is 8.23. The summed E-state index contributed by atoms with van der Waals surface area (Å²) in [5, 5.41) is 0. The first kappa shape index (κ1) is 49.0. The van der Waals surface area contributed by atoms with Gasteiger partial charge in [0.05, 0.1) is 49.8 Å². The highest BCUT2D eigenvalue weighted by atomic mass is 16.5. The summed E-state index contributed by atoms with van der Waals surface area (Å²) in [4.78, 5) is 74.8. The molecular weight excluding hydrogens is 711 g/mol. The number of benzene rings is 1. The van der Waals surface area contributed by atoms with Crippen molar-refractivity contribution in [3.8, 4) is 0 Å². The van der Waals surface area contributed by atoms with Crippen LogP contribution >= 0.6 is 0 Å². The van der Waals surface area contributed by atoms with Crippen molar-refractivity contribution in [3.05, 3.63) is 35.9 Å². The van der Waals surface area contributed by atoms with Gasteiger partial charge in [-0.05, 0) is 63.5 Å². The van der Waals surface area contributed by atoms with Crippen molar-refractivity contribution in [1.82, 2.24) is 14.7 Å². The maximum absolute atomic E-state index is 14.4. The van der Waals surface area contributed by atoms with Crippen LogP contribution in [-0.4, -0.2) is 122 Å². The highest BCUT2D eigenvalue weighted by Crippen LogP contribution is 2.32. The zero-order chi connectivity index (χ0) is 42.4. The second-order valence-electron chi connectivity index (χ2n) is 17.1. The minimum Gasteiger partial charge on any atom is -0.469 e. The maximum Gasteiger partial charge on any atom is 0.309 e. The van der Waals surface area contributed by atoms with Gasteiger partial charge in [0.25, 0.3) is 0 Å². The van der Waals surface area contributed by atoms with Crippen LogP contribution in [0.15, 0.2) is 30.3 Å². The highest BCUT2D eigenvalue weighted by molar-refractivity contribution is 5.90. The highest BCUT2D eigenvalue weighted by Gasteiger charge is 2.43. The van der Waals surface area contributed by atoms with Gasteiger partial charge in [-0.3, -0.25) is 28.9 Å². The molecule has 1 saturated heterocycles. The first-order valence-electron chi connectivity index (χ1n) is 20.9. The standard InChI is InChI=1S/C45H75N3O8/c1-15-31(8)42(47(11)44(52)35(28(2)3)26-38(50)41(29(4)5)46(10)30(6)7)39(54-12)27-40(51)48-23-19-22-36(48)43(55-13)32(9)37(49)25-34(45(53)56-14)24-33-20-17-16-18-21-33/h16-18,20-21,28-32,34-36,39,41-43H,15,19,22-27H2,1-14H3/t31-,32-,34+,35-,36-,39+,41-,42-,43+/m0/s1. The zero-order valence-corrected chi connectivity index (χ0v) is 37.1. The van der Waals surface area contributed by atoms with E-state index in [9.17, 15) is 24.0 Å². The molecule has 0 aromatic heterocycles. The topological polar surface area (TPSA) is 123 Å². The molecule has 11 heteroatoms. The van der Waals surface area contributed by atoms with Gasteiger partial charge < -0.3 is 24.0 Å². The smallest absolute Gasteiger partial charge is 0.309 e. The van der Waals surface area contributed by atoms with Crippen LogP contribution in [0.2, 0.25) is 0 Å². The molecule has 9 atom stereocenters. The summed E-state index contributed by atoms with van der Waals surface area (Å²) in [6.45, 7) is 18.7. The van der Waals surface area contributed by atoms with E-state index >= 15 is 0 Å². The van der Waals surface area contributed by atoms with Crippen molar-refractivity contribution in [2.75, 3.05) is 42.0 Å². The molecule has 0 bridgehead atoms. The van der Waals surface area contributed by atoms with Crippen molar-refractivity contribution in [2.24, 2.45) is 35.5 Å². The first-order chi connectivity index (χ1) is 26.4. The molecular formula is C45H75N3O8. The van der Waals surface area contributed by atoms with Crippen LogP contribution in [0.4, 0.5) is 0 Å². The number of amides is 2. The molecule has 1 aromatic rings. The number of rotatable bonds is 24. The van der Waals surface area contributed by atoms with Crippen molar-refractivity contribution in [2.45, 2.75) is 144 Å². The van der Waals surface area contributed by atoms with Gasteiger partial charge in [0.2, 0.25) is 11.8 Å². The number of nitrogens with zero attached hydrogens (tertiary/aromatic N) is 3. The lowest BCUT2D eigenvalue weighted by Gasteiger charge is -2.41. The number of hydrogen-bond acceptors (Lipinski definition) is 9. The average molecular weight is 786 g/mol. The van der Waals surface area contributed by atoms with Crippen LogP contribution in [0.1, 0.15) is 106 Å². The fourth-order valence-electron chi connectivity index (χ4n) is 8.67. The summed E-state index contributed by atoms with van der Waals surface area (Å²) in [5.74, 6) is -2.46. The van der Waals surface area contributed by atoms with E-state index in [0.29, 0.717) is 19.4 Å². The molecule has 11 nitrogen and oxygen atoms in total. The summed E-state index contributed by atoms with van der Waals surface area (Å²) < 4.78 is 17.1. The molecule has 0 N–H and O–H groups in total. The van der Waals surface area contributed by atoms with E-state index in [-0.39, 0.29) is 78.5 Å². The van der Waals surface area contributed by atoms with E-state index in [1.807, 2.05) is 76.9 Å². The number of likely N-dealkylation sites (N-methyl/N-ethyl adjacent to an activating group) is 2. The minimum absolute atomic E-state index is 0.00147. The number of ketones is 2. The number of methoxy groups -OCH3 is 3. The molecule has 1 heterocycles. The quantitative estimate of drug-likeness (QED) is 0.108. The second-order valence-corrected chi connectivity index (χ2v) is 17.1. The molecule has 0 radical (unpaired) electrons. The van der Waals surface area contributed by atoms with E-state index in [1.165, 1.54) is 7.11 Å². The van der Waals surface area contributed by atoms with Gasteiger partial charge in [-0.25, -0.2) is 0 Å². The Kier molecular flexibility index (Phi) is 20.4. The predicted molar refractivity (Wildman–Crippen MR) is 221 cm³/mol. The average Bonchev–Trinajstić information content (AvgIpc) is 3.65. The van der Waals surface area contributed by atoms with Crippen LogP contribution < -0.4 is 0 Å². The number of hydrogen-bond donors (Lipinski definition) is 0. The number of carbonyl (C=O) groups excluding carboxylic acids is 5. The molecule has 2 amide bonds. The van der Waals surface area contributed by atoms with Gasteiger partial charge >= 0.3 is 5.97 Å². The number of carbonyl (C=O) groups is 5. The third-order valence-corrected chi connectivity index (χ3v) is 12.4. The Morgan fingerprint density at radius 2 is 1.45 bits per heavy atom. The summed E-state index contributed by atoms with van der Waals surface area (Å²) >= 11 is 0. The molecule has 1 aliphatic rings. The van der Waals surface area contributed by atoms with E-state index in [0.717, 1.165) is 18.4 Å². The Morgan fingerprint density at radius 1 is 0.821 bits per heavy atom. The van der Waals surface area contributed by atoms with Crippen molar-refractivity contribution >= 4 is 29.4 Å². The van der Waals surface area contributed by atoms with Gasteiger partial charge in [0.1, 0.15) is 5.78 Å². The Bertz CT molecular complexity index is 1400. The van der Waals surface area contributed by atoms with E-state index in [2.05, 4.69) is 32.6 Å². The monoisotopic (exact) mass is 786 g/mol. The van der Waals surface area contributed by atoms with E-state index in [1.54, 1.807) is 26.2 Å². The lowest BCUT2D eigenvalue weighted by molar-refractivity contribution is -0.150. The molecule has 56 heavy (non-hydrogen) atoms. The lowest BCUT2D eigenvalue weighted by Crippen LogP contribution is -2.54. The van der Waals surface area contributed by atoms with Gasteiger partial charge in [0, 0.05) is 58.5 Å². The number of esters is 1. The van der Waals surface area contributed by atoms with Crippen molar-refractivity contribution in [3.63, 3.8) is 0 Å². The summed E-state index contributed by atoms with van der Waals surface area (Å²) in [6, 6.07) is 8.68. The molecule has 1 fully saturated rings. The molecule has 318 valence electrons. The van der Waals surface area contributed by atoms with Gasteiger partial charge in [-0.2, -0.15) is 0 Å². The van der Waals surface area contributed by atoms with Gasteiger partial charge in [-0.1, -0.05) is 85.2 Å². The Balaban J connectivity index is 2.30. The van der Waals surface area contributed by atoms with Crippen molar-refractivity contribution in [1.29, 1.82) is 0 Å². The molecule has 0 aliphatic carbocycles. The van der Waals surface area contributed by atoms with Crippen LogP contribution in [0, 0.1) is 35.5 Å².